The van der Waals surface area contributed by atoms with Gasteiger partial charge in [0, 0.05) is 6.04 Å². The summed E-state index contributed by atoms with van der Waals surface area (Å²) in [4.78, 5) is 12.2. The molecule has 0 saturated carbocycles. The molecule has 2 N–H and O–H groups in total. The largest absolute Gasteiger partial charge is 0.349 e. The van der Waals surface area contributed by atoms with Gasteiger partial charge in [-0.3, -0.25) is 4.79 Å². The molecule has 3 unspecified atom stereocenters. The van der Waals surface area contributed by atoms with E-state index < -0.39 is 0 Å². The first-order valence-corrected chi connectivity index (χ1v) is 6.81. The Hall–Kier alpha value is -1.35. The highest BCUT2D eigenvalue weighted by molar-refractivity contribution is 5.80. The molecule has 1 aliphatic rings. The molecule has 0 bridgehead atoms. The van der Waals surface area contributed by atoms with Crippen molar-refractivity contribution in [3.63, 3.8) is 0 Å². The summed E-state index contributed by atoms with van der Waals surface area (Å²) in [6, 6.07) is 10.6. The van der Waals surface area contributed by atoms with E-state index in [-0.39, 0.29) is 17.9 Å². The Morgan fingerprint density at radius 1 is 1.44 bits per heavy atom. The van der Waals surface area contributed by atoms with Crippen LogP contribution in [0.3, 0.4) is 0 Å². The summed E-state index contributed by atoms with van der Waals surface area (Å²) in [6.45, 7) is 5.14. The Balaban J connectivity index is 2.00. The smallest absolute Gasteiger partial charge is 0.225 e. The summed E-state index contributed by atoms with van der Waals surface area (Å²) in [6.07, 6.45) is 1.86. The minimum Gasteiger partial charge on any atom is -0.349 e. The molecule has 0 radical (unpaired) electrons. The zero-order valence-electron chi connectivity index (χ0n) is 11.1. The molecular weight excluding hydrogens is 224 g/mol. The molecule has 1 amide bonds. The lowest BCUT2D eigenvalue weighted by Crippen LogP contribution is -2.38. The van der Waals surface area contributed by atoms with Gasteiger partial charge in [0.15, 0.2) is 0 Å². The lowest BCUT2D eigenvalue weighted by molar-refractivity contribution is -0.125. The van der Waals surface area contributed by atoms with Crippen molar-refractivity contribution in [3.05, 3.63) is 35.9 Å². The van der Waals surface area contributed by atoms with Gasteiger partial charge in [0.1, 0.15) is 0 Å². The molecule has 0 aliphatic carbocycles. The van der Waals surface area contributed by atoms with E-state index in [4.69, 9.17) is 0 Å². The Morgan fingerprint density at radius 3 is 2.72 bits per heavy atom. The van der Waals surface area contributed by atoms with Crippen LogP contribution in [0, 0.1) is 5.92 Å². The van der Waals surface area contributed by atoms with Crippen LogP contribution in [0.4, 0.5) is 0 Å². The molecule has 1 heterocycles. The summed E-state index contributed by atoms with van der Waals surface area (Å²) >= 11 is 0. The lowest BCUT2D eigenvalue weighted by atomic mass is 9.98. The number of hydrogen-bond acceptors (Lipinski definition) is 2. The van der Waals surface area contributed by atoms with Gasteiger partial charge in [0.05, 0.1) is 12.0 Å². The van der Waals surface area contributed by atoms with E-state index in [2.05, 4.69) is 36.6 Å². The number of carbonyl (C=O) groups is 1. The number of amides is 1. The molecular formula is C15H22N2O. The second-order valence-electron chi connectivity index (χ2n) is 5.02. The molecule has 1 saturated heterocycles. The van der Waals surface area contributed by atoms with Gasteiger partial charge in [-0.2, -0.15) is 0 Å². The maximum atomic E-state index is 12.2. The molecule has 0 aromatic heterocycles. The Kier molecular flexibility index (Phi) is 4.37. The monoisotopic (exact) mass is 246 g/mol. The van der Waals surface area contributed by atoms with Crippen LogP contribution in [-0.2, 0) is 4.79 Å². The molecule has 1 fully saturated rings. The predicted molar refractivity (Wildman–Crippen MR) is 73.2 cm³/mol. The standard InChI is InChI=1S/C15H22N2O/c1-3-14(12-7-5-4-6-8-12)17-15(18)13-9-10-16-11(13)2/h4-8,11,13-14,16H,3,9-10H2,1-2H3,(H,17,18). The third-order valence-corrected chi connectivity index (χ3v) is 3.79. The first-order valence-electron chi connectivity index (χ1n) is 6.81. The molecule has 2 rings (SSSR count). The Bertz CT molecular complexity index is 391. The van der Waals surface area contributed by atoms with Gasteiger partial charge in [0.25, 0.3) is 0 Å². The highest BCUT2D eigenvalue weighted by Gasteiger charge is 2.30. The van der Waals surface area contributed by atoms with Crippen molar-refractivity contribution in [1.29, 1.82) is 0 Å². The van der Waals surface area contributed by atoms with Gasteiger partial charge in [0.2, 0.25) is 5.91 Å². The molecule has 1 aromatic carbocycles. The summed E-state index contributed by atoms with van der Waals surface area (Å²) in [5, 5.41) is 6.50. The van der Waals surface area contributed by atoms with E-state index in [9.17, 15) is 4.79 Å². The average Bonchev–Trinajstić information content (AvgIpc) is 2.83. The maximum Gasteiger partial charge on any atom is 0.225 e. The minimum atomic E-state index is 0.114. The normalized spacial score (nSPS) is 24.8. The second kappa shape index (κ2) is 6.01. The van der Waals surface area contributed by atoms with E-state index in [0.29, 0.717) is 6.04 Å². The minimum absolute atomic E-state index is 0.114. The number of carbonyl (C=O) groups excluding carboxylic acids is 1. The van der Waals surface area contributed by atoms with Gasteiger partial charge in [-0.25, -0.2) is 0 Å². The fourth-order valence-electron chi connectivity index (χ4n) is 2.60. The fraction of sp³-hybridized carbons (Fsp3) is 0.533. The number of nitrogens with one attached hydrogen (secondary N) is 2. The third-order valence-electron chi connectivity index (χ3n) is 3.79. The zero-order valence-corrected chi connectivity index (χ0v) is 11.1. The second-order valence-corrected chi connectivity index (χ2v) is 5.02. The van der Waals surface area contributed by atoms with Crippen molar-refractivity contribution in [1.82, 2.24) is 10.6 Å². The summed E-state index contributed by atoms with van der Waals surface area (Å²) < 4.78 is 0. The fourth-order valence-corrected chi connectivity index (χ4v) is 2.60. The highest BCUT2D eigenvalue weighted by Crippen LogP contribution is 2.20. The number of rotatable bonds is 4. The van der Waals surface area contributed by atoms with Gasteiger partial charge >= 0.3 is 0 Å². The van der Waals surface area contributed by atoms with E-state index >= 15 is 0 Å². The van der Waals surface area contributed by atoms with Gasteiger partial charge in [-0.15, -0.1) is 0 Å². The quantitative estimate of drug-likeness (QED) is 0.855. The summed E-state index contributed by atoms with van der Waals surface area (Å²) in [7, 11) is 0. The topological polar surface area (TPSA) is 41.1 Å². The van der Waals surface area contributed by atoms with Crippen molar-refractivity contribution in [2.45, 2.75) is 38.8 Å². The SMILES string of the molecule is CCC(NC(=O)C1CCNC1C)c1ccccc1. The predicted octanol–water partition coefficient (Wildman–Crippen LogP) is 2.25. The van der Waals surface area contributed by atoms with E-state index in [1.54, 1.807) is 0 Å². The van der Waals surface area contributed by atoms with E-state index in [1.165, 1.54) is 5.56 Å². The Morgan fingerprint density at radius 2 is 2.17 bits per heavy atom. The van der Waals surface area contributed by atoms with Crippen LogP contribution in [0.25, 0.3) is 0 Å². The van der Waals surface area contributed by atoms with Gasteiger partial charge in [-0.05, 0) is 31.9 Å². The van der Waals surface area contributed by atoms with E-state index in [0.717, 1.165) is 19.4 Å². The first kappa shape index (κ1) is 13.1. The molecule has 0 spiro atoms. The van der Waals surface area contributed by atoms with Crippen LogP contribution >= 0.6 is 0 Å². The molecule has 1 aromatic rings. The number of benzene rings is 1. The molecule has 3 nitrogen and oxygen atoms in total. The average molecular weight is 246 g/mol. The lowest BCUT2D eigenvalue weighted by Gasteiger charge is -2.21. The van der Waals surface area contributed by atoms with Crippen molar-refractivity contribution in [2.75, 3.05) is 6.54 Å². The highest BCUT2D eigenvalue weighted by atomic mass is 16.2. The van der Waals surface area contributed by atoms with Crippen molar-refractivity contribution in [3.8, 4) is 0 Å². The van der Waals surface area contributed by atoms with Crippen LogP contribution < -0.4 is 10.6 Å². The van der Waals surface area contributed by atoms with Gasteiger partial charge < -0.3 is 10.6 Å². The summed E-state index contributed by atoms with van der Waals surface area (Å²) in [5.41, 5.74) is 1.19. The zero-order chi connectivity index (χ0) is 13.0. The molecule has 98 valence electrons. The first-order chi connectivity index (χ1) is 8.72. The van der Waals surface area contributed by atoms with Crippen LogP contribution in [0.2, 0.25) is 0 Å². The Labute approximate surface area is 109 Å². The molecule has 18 heavy (non-hydrogen) atoms. The van der Waals surface area contributed by atoms with Crippen LogP contribution in [0.5, 0.6) is 0 Å². The maximum absolute atomic E-state index is 12.2. The van der Waals surface area contributed by atoms with Crippen molar-refractivity contribution >= 4 is 5.91 Å². The molecule has 3 heteroatoms. The summed E-state index contributed by atoms with van der Waals surface area (Å²) in [5.74, 6) is 0.297. The molecule has 3 atom stereocenters. The number of hydrogen-bond donors (Lipinski definition) is 2. The van der Waals surface area contributed by atoms with Crippen LogP contribution in [-0.4, -0.2) is 18.5 Å². The van der Waals surface area contributed by atoms with Crippen molar-refractivity contribution in [2.24, 2.45) is 5.92 Å². The van der Waals surface area contributed by atoms with Gasteiger partial charge in [-0.1, -0.05) is 37.3 Å². The van der Waals surface area contributed by atoms with Crippen molar-refractivity contribution < 1.29 is 4.79 Å². The van der Waals surface area contributed by atoms with Crippen LogP contribution in [0.15, 0.2) is 30.3 Å². The van der Waals surface area contributed by atoms with E-state index in [1.807, 2.05) is 18.2 Å². The molecule has 1 aliphatic heterocycles. The van der Waals surface area contributed by atoms with Crippen LogP contribution in [0.1, 0.15) is 38.3 Å². The third kappa shape index (κ3) is 2.91.